The van der Waals surface area contributed by atoms with Gasteiger partial charge in [-0.15, -0.1) is 6.58 Å². The summed E-state index contributed by atoms with van der Waals surface area (Å²) in [6.45, 7) is 8.32. The van der Waals surface area contributed by atoms with Gasteiger partial charge in [-0.25, -0.2) is 0 Å². The van der Waals surface area contributed by atoms with Crippen LogP contribution < -0.4 is 16.4 Å². The molecular weight excluding hydrogens is 356 g/mol. The second-order valence-corrected chi connectivity index (χ2v) is 7.32. The lowest BCUT2D eigenvalue weighted by Crippen LogP contribution is -2.45. The molecule has 150 valence electrons. The molecule has 28 heavy (non-hydrogen) atoms. The Morgan fingerprint density at radius 1 is 1.18 bits per heavy atom. The highest BCUT2D eigenvalue weighted by molar-refractivity contribution is 5.80. The van der Waals surface area contributed by atoms with E-state index >= 15 is 0 Å². The quantitative estimate of drug-likeness (QED) is 0.577. The van der Waals surface area contributed by atoms with Crippen LogP contribution in [0.25, 0.3) is 11.0 Å². The number of amides is 1. The van der Waals surface area contributed by atoms with Crippen LogP contribution >= 0.6 is 0 Å². The third-order valence-electron chi connectivity index (χ3n) is 5.41. The number of likely N-dealkylation sites (tertiary alicyclic amines) is 1. The lowest BCUT2D eigenvalue weighted by molar-refractivity contribution is -0.121. The Bertz CT molecular complexity index is 976. The van der Waals surface area contributed by atoms with Crippen molar-refractivity contribution >= 4 is 16.9 Å². The number of nitrogens with zero attached hydrogens (tertiary/aromatic N) is 3. The number of aromatic nitrogens is 2. The SMILES string of the molecule is C=CCn1c(=O)c(=O)n(CC(=O)NCCN2CCCCC2C)c2ccccc21. The van der Waals surface area contributed by atoms with Gasteiger partial charge in [0.15, 0.2) is 0 Å². The van der Waals surface area contributed by atoms with E-state index in [1.54, 1.807) is 30.3 Å². The number of hydrogen-bond donors (Lipinski definition) is 1. The second kappa shape index (κ2) is 9.01. The normalized spacial score (nSPS) is 17.5. The first-order valence-electron chi connectivity index (χ1n) is 9.87. The number of carbonyl (C=O) groups is 1. The number of piperidine rings is 1. The van der Waals surface area contributed by atoms with E-state index in [9.17, 15) is 14.4 Å². The number of carbonyl (C=O) groups excluding carboxylic acids is 1. The topological polar surface area (TPSA) is 76.3 Å². The zero-order valence-corrected chi connectivity index (χ0v) is 16.4. The van der Waals surface area contributed by atoms with Crippen molar-refractivity contribution in [1.82, 2.24) is 19.4 Å². The van der Waals surface area contributed by atoms with Gasteiger partial charge in [0.25, 0.3) is 0 Å². The molecule has 1 aromatic carbocycles. The molecule has 1 fully saturated rings. The van der Waals surface area contributed by atoms with Gasteiger partial charge in [0.2, 0.25) is 5.91 Å². The number of fused-ring (bicyclic) bond motifs is 1. The average molecular weight is 384 g/mol. The maximum atomic E-state index is 12.6. The van der Waals surface area contributed by atoms with Crippen LogP contribution in [0.2, 0.25) is 0 Å². The highest BCUT2D eigenvalue weighted by Crippen LogP contribution is 2.15. The van der Waals surface area contributed by atoms with Gasteiger partial charge < -0.3 is 5.32 Å². The predicted molar refractivity (Wildman–Crippen MR) is 111 cm³/mol. The van der Waals surface area contributed by atoms with Gasteiger partial charge in [-0.05, 0) is 38.4 Å². The summed E-state index contributed by atoms with van der Waals surface area (Å²) in [5.41, 5.74) is -0.162. The van der Waals surface area contributed by atoms with Crippen LogP contribution in [0, 0.1) is 0 Å². The van der Waals surface area contributed by atoms with E-state index in [1.165, 1.54) is 28.4 Å². The molecule has 7 nitrogen and oxygen atoms in total. The smallest absolute Gasteiger partial charge is 0.317 e. The largest absolute Gasteiger partial charge is 0.353 e. The van der Waals surface area contributed by atoms with Crippen LogP contribution in [0.5, 0.6) is 0 Å². The number of rotatable bonds is 7. The van der Waals surface area contributed by atoms with E-state index < -0.39 is 11.1 Å². The standard InChI is InChI=1S/C21H28N4O3/c1-3-12-24-17-9-4-5-10-18(17)25(21(28)20(24)27)15-19(26)22-11-14-23-13-7-6-8-16(23)2/h3-5,9-10,16H,1,6-8,11-15H2,2H3,(H,22,26). The number of nitrogens with one attached hydrogen (secondary N) is 1. The Morgan fingerprint density at radius 2 is 1.86 bits per heavy atom. The lowest BCUT2D eigenvalue weighted by atomic mass is 10.0. The predicted octanol–water partition coefficient (Wildman–Crippen LogP) is 1.34. The molecule has 1 amide bonds. The van der Waals surface area contributed by atoms with E-state index in [0.717, 1.165) is 13.1 Å². The van der Waals surface area contributed by atoms with E-state index in [-0.39, 0.29) is 19.0 Å². The molecule has 2 heterocycles. The third kappa shape index (κ3) is 4.25. The van der Waals surface area contributed by atoms with E-state index in [2.05, 4.69) is 23.7 Å². The van der Waals surface area contributed by atoms with Crippen molar-refractivity contribution in [2.75, 3.05) is 19.6 Å². The van der Waals surface area contributed by atoms with Gasteiger partial charge in [-0.1, -0.05) is 24.6 Å². The average Bonchev–Trinajstić information content (AvgIpc) is 2.70. The summed E-state index contributed by atoms with van der Waals surface area (Å²) in [7, 11) is 0. The first-order chi connectivity index (χ1) is 13.5. The molecule has 0 aliphatic carbocycles. The summed E-state index contributed by atoms with van der Waals surface area (Å²) >= 11 is 0. The fourth-order valence-electron chi connectivity index (χ4n) is 3.87. The van der Waals surface area contributed by atoms with Gasteiger partial charge in [0.05, 0.1) is 11.0 Å². The highest BCUT2D eigenvalue weighted by Gasteiger charge is 2.18. The van der Waals surface area contributed by atoms with Crippen molar-refractivity contribution < 1.29 is 4.79 Å². The number of hydrogen-bond acceptors (Lipinski definition) is 4. The van der Waals surface area contributed by atoms with Crippen LogP contribution in [0.4, 0.5) is 0 Å². The highest BCUT2D eigenvalue weighted by atomic mass is 16.2. The number of allylic oxidation sites excluding steroid dienone is 1. The third-order valence-corrected chi connectivity index (χ3v) is 5.41. The molecule has 1 saturated heterocycles. The minimum Gasteiger partial charge on any atom is -0.353 e. The Labute approximate surface area is 164 Å². The molecule has 1 atom stereocenters. The van der Waals surface area contributed by atoms with Crippen LogP contribution in [-0.2, 0) is 17.9 Å². The molecule has 0 bridgehead atoms. The summed E-state index contributed by atoms with van der Waals surface area (Å²) in [6, 6.07) is 7.64. The van der Waals surface area contributed by atoms with E-state index in [1.807, 2.05) is 0 Å². The minimum atomic E-state index is -0.694. The molecule has 0 saturated carbocycles. The first-order valence-corrected chi connectivity index (χ1v) is 9.87. The van der Waals surface area contributed by atoms with Crippen molar-refractivity contribution in [3.8, 4) is 0 Å². The zero-order chi connectivity index (χ0) is 20.1. The molecule has 7 heteroatoms. The monoisotopic (exact) mass is 384 g/mol. The van der Waals surface area contributed by atoms with Crippen molar-refractivity contribution in [2.24, 2.45) is 0 Å². The van der Waals surface area contributed by atoms with Crippen LogP contribution in [-0.4, -0.2) is 45.6 Å². The lowest BCUT2D eigenvalue weighted by Gasteiger charge is -2.33. The van der Waals surface area contributed by atoms with Crippen LogP contribution in [0.1, 0.15) is 26.2 Å². The Morgan fingerprint density at radius 3 is 2.54 bits per heavy atom. The van der Waals surface area contributed by atoms with Gasteiger partial charge in [-0.2, -0.15) is 0 Å². The summed E-state index contributed by atoms with van der Waals surface area (Å²) in [5.74, 6) is -0.266. The van der Waals surface area contributed by atoms with Crippen molar-refractivity contribution in [3.05, 3.63) is 57.6 Å². The number of benzene rings is 1. The summed E-state index contributed by atoms with van der Waals surface area (Å²) in [5, 5.41) is 2.88. The molecular formula is C21H28N4O3. The molecule has 1 aromatic heterocycles. The molecule has 1 aliphatic rings. The maximum Gasteiger partial charge on any atom is 0.317 e. The Hall–Kier alpha value is -2.67. The Balaban J connectivity index is 1.75. The summed E-state index contributed by atoms with van der Waals surface area (Å²) < 4.78 is 2.65. The van der Waals surface area contributed by atoms with Gasteiger partial charge >= 0.3 is 11.1 Å². The second-order valence-electron chi connectivity index (χ2n) is 7.32. The molecule has 1 unspecified atom stereocenters. The van der Waals surface area contributed by atoms with Gasteiger partial charge in [0.1, 0.15) is 6.54 Å². The number of para-hydroxylation sites is 2. The zero-order valence-electron chi connectivity index (χ0n) is 16.4. The van der Waals surface area contributed by atoms with E-state index in [4.69, 9.17) is 0 Å². The van der Waals surface area contributed by atoms with Gasteiger partial charge in [0, 0.05) is 25.7 Å². The van der Waals surface area contributed by atoms with Crippen LogP contribution in [0.15, 0.2) is 46.5 Å². The van der Waals surface area contributed by atoms with Crippen molar-refractivity contribution in [2.45, 2.75) is 45.3 Å². The Kier molecular flexibility index (Phi) is 6.46. The van der Waals surface area contributed by atoms with Crippen molar-refractivity contribution in [1.29, 1.82) is 0 Å². The van der Waals surface area contributed by atoms with Crippen LogP contribution in [0.3, 0.4) is 0 Å². The molecule has 0 radical (unpaired) electrons. The van der Waals surface area contributed by atoms with E-state index in [0.29, 0.717) is 23.6 Å². The maximum absolute atomic E-state index is 12.6. The molecule has 1 N–H and O–H groups in total. The molecule has 2 aromatic rings. The van der Waals surface area contributed by atoms with Crippen molar-refractivity contribution in [3.63, 3.8) is 0 Å². The molecule has 0 spiro atoms. The molecule has 1 aliphatic heterocycles. The molecule has 3 rings (SSSR count). The fourth-order valence-corrected chi connectivity index (χ4v) is 3.87. The minimum absolute atomic E-state index is 0.168. The first kappa shape index (κ1) is 20.1. The fraction of sp³-hybridized carbons (Fsp3) is 0.476. The summed E-state index contributed by atoms with van der Waals surface area (Å²) in [4.78, 5) is 39.9. The van der Waals surface area contributed by atoms with Gasteiger partial charge in [-0.3, -0.25) is 28.4 Å². The summed E-state index contributed by atoms with van der Waals surface area (Å²) in [6.07, 6.45) is 5.22.